The lowest BCUT2D eigenvalue weighted by atomic mass is 9.85. The molecule has 0 amide bonds. The van der Waals surface area contributed by atoms with E-state index in [-0.39, 0.29) is 41.7 Å². The van der Waals surface area contributed by atoms with Gasteiger partial charge in [-0.2, -0.15) is 0 Å². The zero-order valence-corrected chi connectivity index (χ0v) is 18.6. The summed E-state index contributed by atoms with van der Waals surface area (Å²) >= 11 is 0. The van der Waals surface area contributed by atoms with Crippen LogP contribution in [-0.4, -0.2) is 18.5 Å². The fourth-order valence-corrected chi connectivity index (χ4v) is 4.86. The molecule has 0 radical (unpaired) electrons. The van der Waals surface area contributed by atoms with Crippen LogP contribution in [0.2, 0.25) is 0 Å². The number of ether oxygens (including phenoxy) is 4. The van der Waals surface area contributed by atoms with E-state index in [1.54, 1.807) is 60.7 Å². The van der Waals surface area contributed by atoms with Gasteiger partial charge < -0.3 is 23.4 Å². The van der Waals surface area contributed by atoms with E-state index in [2.05, 4.69) is 0 Å². The topological polar surface area (TPSA) is 101 Å². The highest BCUT2D eigenvalue weighted by atomic mass is 16.7. The molecule has 176 valence electrons. The van der Waals surface area contributed by atoms with Crippen molar-refractivity contribution in [2.45, 2.75) is 12.3 Å². The molecule has 0 N–H and O–H groups in total. The molecule has 8 nitrogen and oxygen atoms in total. The molecule has 3 aliphatic rings. The van der Waals surface area contributed by atoms with Gasteiger partial charge in [-0.3, -0.25) is 14.4 Å². The van der Waals surface area contributed by atoms with Crippen LogP contribution in [-0.2, 0) is 4.79 Å². The maximum atomic E-state index is 13.4. The van der Waals surface area contributed by atoms with Crippen molar-refractivity contribution >= 4 is 28.8 Å². The highest BCUT2D eigenvalue weighted by molar-refractivity contribution is 6.15. The number of allylic oxidation sites excluding steroid dienone is 1. The van der Waals surface area contributed by atoms with Gasteiger partial charge in [-0.15, -0.1) is 0 Å². The van der Waals surface area contributed by atoms with E-state index in [0.717, 1.165) is 0 Å². The number of carbonyl (C=O) groups excluding carboxylic acids is 2. The third-order valence-electron chi connectivity index (χ3n) is 6.56. The third-order valence-corrected chi connectivity index (χ3v) is 6.56. The van der Waals surface area contributed by atoms with Gasteiger partial charge in [-0.05, 0) is 48.0 Å². The quantitative estimate of drug-likeness (QED) is 0.234. The molecule has 0 saturated heterocycles. The smallest absolute Gasteiger partial charge is 0.312 e. The van der Waals surface area contributed by atoms with Crippen molar-refractivity contribution in [3.05, 3.63) is 99.1 Å². The number of Topliss-reactive ketones (excluding diaryl/α,β-unsaturated/α-hetero) is 1. The number of para-hydroxylation sites is 1. The fraction of sp³-hybridized carbons (Fsp3) is 0.107. The lowest BCUT2D eigenvalue weighted by Crippen LogP contribution is -2.25. The normalized spacial score (nSPS) is 18.7. The molecule has 4 heterocycles. The summed E-state index contributed by atoms with van der Waals surface area (Å²) in [4.78, 5) is 39.0. The Bertz CT molecular complexity index is 1710. The Morgan fingerprint density at radius 1 is 0.861 bits per heavy atom. The Kier molecular flexibility index (Phi) is 4.32. The lowest BCUT2D eigenvalue weighted by molar-refractivity contribution is -0.135. The Hall–Kier alpha value is -4.85. The first kappa shape index (κ1) is 20.5. The molecule has 0 saturated carbocycles. The minimum absolute atomic E-state index is 0.0920. The highest BCUT2D eigenvalue weighted by Crippen LogP contribution is 2.48. The summed E-state index contributed by atoms with van der Waals surface area (Å²) in [6, 6.07) is 15.3. The number of hydrogen-bond acceptors (Lipinski definition) is 8. The summed E-state index contributed by atoms with van der Waals surface area (Å²) in [6.45, 7) is 0.144. The molecule has 1 aromatic heterocycles. The van der Waals surface area contributed by atoms with Gasteiger partial charge >= 0.3 is 5.97 Å². The van der Waals surface area contributed by atoms with Crippen molar-refractivity contribution in [1.82, 2.24) is 0 Å². The van der Waals surface area contributed by atoms with Crippen LogP contribution in [0.25, 0.3) is 17.0 Å². The number of esters is 1. The summed E-state index contributed by atoms with van der Waals surface area (Å²) in [7, 11) is 0. The molecule has 3 aliphatic heterocycles. The molecule has 8 heteroatoms. The minimum Gasteiger partial charge on any atom is -0.464 e. The van der Waals surface area contributed by atoms with E-state index < -0.39 is 11.9 Å². The van der Waals surface area contributed by atoms with Crippen LogP contribution < -0.4 is 24.4 Å². The van der Waals surface area contributed by atoms with Gasteiger partial charge in [0.15, 0.2) is 22.7 Å². The van der Waals surface area contributed by atoms with Crippen molar-refractivity contribution in [3.8, 4) is 23.0 Å². The molecule has 0 aliphatic carbocycles. The van der Waals surface area contributed by atoms with Crippen LogP contribution >= 0.6 is 0 Å². The number of rotatable bonds is 2. The Balaban J connectivity index is 1.35. The maximum Gasteiger partial charge on any atom is 0.312 e. The molecule has 0 fully saturated rings. The van der Waals surface area contributed by atoms with Crippen molar-refractivity contribution in [1.29, 1.82) is 0 Å². The standard InChI is InChI=1S/C28H16O8/c29-24-11-17(18-12-32-19-4-2-1-3-15(19)26(18)30)25-21(35-24)8-6-16-27(31)23(36-28(16)25)10-14-5-7-20-22(9-14)34-13-33-20/h1-10,12,17H,11,13H2/b23-10-/t17-/m0/s1. The largest absolute Gasteiger partial charge is 0.464 e. The monoisotopic (exact) mass is 480 g/mol. The Morgan fingerprint density at radius 3 is 2.61 bits per heavy atom. The predicted molar refractivity (Wildman–Crippen MR) is 127 cm³/mol. The lowest BCUT2D eigenvalue weighted by Gasteiger charge is -2.25. The molecule has 3 aromatic carbocycles. The summed E-state index contributed by atoms with van der Waals surface area (Å²) in [5, 5.41) is 0.406. The SMILES string of the molecule is O=C1C[C@@H](c2coc3ccccc3c2=O)c2c(ccc3c2O/C(=C\c2ccc4c(c2)OCO4)C3=O)O1. The van der Waals surface area contributed by atoms with Gasteiger partial charge in [0.1, 0.15) is 17.1 Å². The number of benzene rings is 3. The summed E-state index contributed by atoms with van der Waals surface area (Å²) in [5.41, 5.74) is 1.99. The molecule has 0 unspecified atom stereocenters. The van der Waals surface area contributed by atoms with Crippen LogP contribution in [0, 0.1) is 0 Å². The van der Waals surface area contributed by atoms with Gasteiger partial charge in [-0.25, -0.2) is 0 Å². The Morgan fingerprint density at radius 2 is 1.69 bits per heavy atom. The highest BCUT2D eigenvalue weighted by Gasteiger charge is 2.39. The molecular weight excluding hydrogens is 464 g/mol. The van der Waals surface area contributed by atoms with Gasteiger partial charge in [0.05, 0.1) is 23.6 Å². The summed E-state index contributed by atoms with van der Waals surface area (Å²) in [5.74, 6) is 0.348. The van der Waals surface area contributed by atoms with Crippen LogP contribution in [0.4, 0.5) is 0 Å². The number of hydrogen-bond donors (Lipinski definition) is 0. The second-order valence-electron chi connectivity index (χ2n) is 8.65. The minimum atomic E-state index is -0.699. The Labute approximate surface area is 203 Å². The van der Waals surface area contributed by atoms with E-state index >= 15 is 0 Å². The third kappa shape index (κ3) is 3.04. The molecule has 36 heavy (non-hydrogen) atoms. The average Bonchev–Trinajstić information content (AvgIpc) is 3.48. The van der Waals surface area contributed by atoms with Gasteiger partial charge in [0, 0.05) is 17.0 Å². The molecule has 0 bridgehead atoms. The summed E-state index contributed by atoms with van der Waals surface area (Å²) in [6.07, 6.45) is 2.90. The van der Waals surface area contributed by atoms with Gasteiger partial charge in [0.2, 0.25) is 12.6 Å². The zero-order valence-electron chi connectivity index (χ0n) is 18.6. The molecule has 4 aromatic rings. The van der Waals surface area contributed by atoms with E-state index in [1.807, 2.05) is 0 Å². The fourth-order valence-electron chi connectivity index (χ4n) is 4.86. The predicted octanol–water partition coefficient (Wildman–Crippen LogP) is 4.58. The molecule has 0 spiro atoms. The molecular formula is C28H16O8. The van der Waals surface area contributed by atoms with E-state index in [1.165, 1.54) is 6.26 Å². The van der Waals surface area contributed by atoms with Crippen LogP contribution in [0.1, 0.15) is 39.4 Å². The number of ketones is 1. The van der Waals surface area contributed by atoms with Crippen molar-refractivity contribution in [2.75, 3.05) is 6.79 Å². The summed E-state index contributed by atoms with van der Waals surface area (Å²) < 4.78 is 28.0. The van der Waals surface area contributed by atoms with Crippen molar-refractivity contribution in [3.63, 3.8) is 0 Å². The first-order valence-electron chi connectivity index (χ1n) is 11.3. The first-order valence-corrected chi connectivity index (χ1v) is 11.3. The molecule has 7 rings (SSSR count). The zero-order chi connectivity index (χ0) is 24.4. The van der Waals surface area contributed by atoms with E-state index in [9.17, 15) is 14.4 Å². The maximum absolute atomic E-state index is 13.4. The van der Waals surface area contributed by atoms with E-state index in [0.29, 0.717) is 44.7 Å². The second-order valence-corrected chi connectivity index (χ2v) is 8.65. The number of fused-ring (bicyclic) bond motifs is 5. The number of carbonyl (C=O) groups is 2. The van der Waals surface area contributed by atoms with Crippen LogP contribution in [0.3, 0.4) is 0 Å². The van der Waals surface area contributed by atoms with Gasteiger partial charge in [0.25, 0.3) is 0 Å². The van der Waals surface area contributed by atoms with Gasteiger partial charge in [-0.1, -0.05) is 18.2 Å². The van der Waals surface area contributed by atoms with Crippen LogP contribution in [0.5, 0.6) is 23.0 Å². The molecule has 1 atom stereocenters. The first-order chi connectivity index (χ1) is 17.6. The average molecular weight is 480 g/mol. The van der Waals surface area contributed by atoms with Crippen molar-refractivity contribution in [2.24, 2.45) is 0 Å². The van der Waals surface area contributed by atoms with Crippen molar-refractivity contribution < 1.29 is 33.0 Å². The van der Waals surface area contributed by atoms with Crippen LogP contribution in [0.15, 0.2) is 75.8 Å². The second kappa shape index (κ2) is 7.58. The van der Waals surface area contributed by atoms with E-state index in [4.69, 9.17) is 23.4 Å².